The van der Waals surface area contributed by atoms with Gasteiger partial charge in [0.15, 0.2) is 0 Å². The van der Waals surface area contributed by atoms with Gasteiger partial charge in [-0.3, -0.25) is 9.69 Å². The van der Waals surface area contributed by atoms with Crippen molar-refractivity contribution in [1.29, 1.82) is 0 Å². The first-order valence-corrected chi connectivity index (χ1v) is 10.6. The lowest BCUT2D eigenvalue weighted by molar-refractivity contribution is 0.0797. The summed E-state index contributed by atoms with van der Waals surface area (Å²) >= 11 is 0. The van der Waals surface area contributed by atoms with Gasteiger partial charge in [0, 0.05) is 17.6 Å². The first-order valence-electron chi connectivity index (χ1n) is 9.16. The minimum absolute atomic E-state index is 0.129. The molecule has 7 heteroatoms. The molecule has 0 atom stereocenters. The van der Waals surface area contributed by atoms with Crippen molar-refractivity contribution >= 4 is 15.9 Å². The molecule has 1 amide bonds. The lowest BCUT2D eigenvalue weighted by atomic mass is 9.98. The standard InChI is InChI=1S/C19H31N3O3S/c1-14-11-16(12-17(15(14)2)26(24,25)20-5)18(23)21-13-19(3,4)22-9-7-6-8-10-22/h11-12,20H,6-10,13H2,1-5H3,(H,21,23). The van der Waals surface area contributed by atoms with Crippen molar-refractivity contribution < 1.29 is 13.2 Å². The summed E-state index contributed by atoms with van der Waals surface area (Å²) in [4.78, 5) is 15.2. The fourth-order valence-corrected chi connectivity index (χ4v) is 4.42. The normalized spacial score (nSPS) is 16.5. The molecule has 1 heterocycles. The van der Waals surface area contributed by atoms with E-state index in [-0.39, 0.29) is 16.3 Å². The summed E-state index contributed by atoms with van der Waals surface area (Å²) in [7, 11) is -2.23. The Kier molecular flexibility index (Phi) is 6.47. The summed E-state index contributed by atoms with van der Waals surface area (Å²) in [5.74, 6) is -0.245. The highest BCUT2D eigenvalue weighted by Gasteiger charge is 2.28. The van der Waals surface area contributed by atoms with Crippen LogP contribution in [-0.2, 0) is 10.0 Å². The van der Waals surface area contributed by atoms with E-state index in [0.717, 1.165) is 18.7 Å². The first kappa shape index (κ1) is 20.9. The Morgan fingerprint density at radius 3 is 2.35 bits per heavy atom. The predicted molar refractivity (Wildman–Crippen MR) is 104 cm³/mol. The molecule has 2 rings (SSSR count). The number of benzene rings is 1. The van der Waals surface area contributed by atoms with E-state index in [1.54, 1.807) is 13.0 Å². The van der Waals surface area contributed by atoms with Gasteiger partial charge in [-0.1, -0.05) is 6.42 Å². The molecule has 146 valence electrons. The van der Waals surface area contributed by atoms with Crippen molar-refractivity contribution in [3.05, 3.63) is 28.8 Å². The third-order valence-electron chi connectivity index (χ3n) is 5.33. The summed E-state index contributed by atoms with van der Waals surface area (Å²) in [6, 6.07) is 3.20. The number of sulfonamides is 1. The summed E-state index contributed by atoms with van der Waals surface area (Å²) < 4.78 is 26.8. The zero-order chi connectivity index (χ0) is 19.5. The van der Waals surface area contributed by atoms with Crippen LogP contribution in [0.5, 0.6) is 0 Å². The zero-order valence-corrected chi connectivity index (χ0v) is 17.3. The highest BCUT2D eigenvalue weighted by Crippen LogP contribution is 2.22. The van der Waals surface area contributed by atoms with Gasteiger partial charge in [0.2, 0.25) is 10.0 Å². The number of piperidine rings is 1. The van der Waals surface area contributed by atoms with E-state index in [0.29, 0.717) is 17.7 Å². The molecule has 1 aliphatic heterocycles. The van der Waals surface area contributed by atoms with Gasteiger partial charge in [0.1, 0.15) is 0 Å². The number of hydrogen-bond donors (Lipinski definition) is 2. The van der Waals surface area contributed by atoms with E-state index < -0.39 is 10.0 Å². The number of carbonyl (C=O) groups is 1. The quantitative estimate of drug-likeness (QED) is 0.792. The average Bonchev–Trinajstić information content (AvgIpc) is 2.62. The highest BCUT2D eigenvalue weighted by molar-refractivity contribution is 7.89. The smallest absolute Gasteiger partial charge is 0.251 e. The maximum absolute atomic E-state index is 12.7. The van der Waals surface area contributed by atoms with Gasteiger partial charge in [-0.15, -0.1) is 0 Å². The molecule has 0 spiro atoms. The Bertz CT molecular complexity index is 766. The van der Waals surface area contributed by atoms with Crippen LogP contribution in [0.15, 0.2) is 17.0 Å². The number of nitrogens with zero attached hydrogens (tertiary/aromatic N) is 1. The lowest BCUT2D eigenvalue weighted by Gasteiger charge is -2.41. The number of rotatable bonds is 6. The second kappa shape index (κ2) is 8.06. The topological polar surface area (TPSA) is 78.5 Å². The SMILES string of the molecule is CNS(=O)(=O)c1cc(C(=O)NCC(C)(C)N2CCCCC2)cc(C)c1C. The Hall–Kier alpha value is -1.44. The predicted octanol–water partition coefficient (Wildman–Crippen LogP) is 2.21. The largest absolute Gasteiger partial charge is 0.350 e. The van der Waals surface area contributed by atoms with Crippen LogP contribution < -0.4 is 10.0 Å². The second-order valence-corrected chi connectivity index (χ2v) is 9.52. The Labute approximate surface area is 157 Å². The van der Waals surface area contributed by atoms with E-state index in [1.807, 2.05) is 6.92 Å². The fourth-order valence-electron chi connectivity index (χ4n) is 3.36. The molecule has 1 aromatic carbocycles. The van der Waals surface area contributed by atoms with Gasteiger partial charge in [-0.25, -0.2) is 13.1 Å². The molecule has 0 unspecified atom stereocenters. The second-order valence-electron chi connectivity index (χ2n) is 7.67. The minimum atomic E-state index is -3.61. The summed E-state index contributed by atoms with van der Waals surface area (Å²) in [5.41, 5.74) is 1.68. The zero-order valence-electron chi connectivity index (χ0n) is 16.5. The molecule has 26 heavy (non-hydrogen) atoms. The molecular weight excluding hydrogens is 350 g/mol. The van der Waals surface area contributed by atoms with Gasteiger partial charge in [-0.2, -0.15) is 0 Å². The molecular formula is C19H31N3O3S. The molecule has 6 nitrogen and oxygen atoms in total. The molecule has 0 aliphatic carbocycles. The van der Waals surface area contributed by atoms with E-state index >= 15 is 0 Å². The van der Waals surface area contributed by atoms with Crippen LogP contribution in [0.2, 0.25) is 0 Å². The fraction of sp³-hybridized carbons (Fsp3) is 0.632. The number of amides is 1. The van der Waals surface area contributed by atoms with Gasteiger partial charge in [0.25, 0.3) is 5.91 Å². The molecule has 0 bridgehead atoms. The number of likely N-dealkylation sites (tertiary alicyclic amines) is 1. The molecule has 1 aromatic rings. The number of carbonyl (C=O) groups excluding carboxylic acids is 1. The van der Waals surface area contributed by atoms with Gasteiger partial charge in [-0.05, 0) is 83.9 Å². The highest BCUT2D eigenvalue weighted by atomic mass is 32.2. The third kappa shape index (κ3) is 4.64. The van der Waals surface area contributed by atoms with Crippen LogP contribution in [-0.4, -0.2) is 51.4 Å². The Morgan fingerprint density at radius 2 is 1.77 bits per heavy atom. The molecule has 0 radical (unpaired) electrons. The first-order chi connectivity index (χ1) is 12.1. The van der Waals surface area contributed by atoms with Crippen LogP contribution in [0.3, 0.4) is 0 Å². The maximum Gasteiger partial charge on any atom is 0.251 e. The van der Waals surface area contributed by atoms with Crippen LogP contribution >= 0.6 is 0 Å². The van der Waals surface area contributed by atoms with Crippen molar-refractivity contribution in [1.82, 2.24) is 14.9 Å². The van der Waals surface area contributed by atoms with Crippen molar-refractivity contribution in [2.45, 2.75) is 57.4 Å². The molecule has 1 fully saturated rings. The molecule has 1 saturated heterocycles. The van der Waals surface area contributed by atoms with Crippen molar-refractivity contribution in [3.8, 4) is 0 Å². The Balaban J connectivity index is 2.17. The van der Waals surface area contributed by atoms with Crippen molar-refractivity contribution in [3.63, 3.8) is 0 Å². The third-order valence-corrected chi connectivity index (χ3v) is 6.87. The Morgan fingerprint density at radius 1 is 1.15 bits per heavy atom. The minimum Gasteiger partial charge on any atom is -0.350 e. The number of hydrogen-bond acceptors (Lipinski definition) is 4. The molecule has 0 saturated carbocycles. The van der Waals surface area contributed by atoms with E-state index in [2.05, 4.69) is 28.8 Å². The van der Waals surface area contributed by atoms with Crippen LogP contribution in [0, 0.1) is 13.8 Å². The number of nitrogens with one attached hydrogen (secondary N) is 2. The number of aryl methyl sites for hydroxylation is 1. The van der Waals surface area contributed by atoms with Crippen molar-refractivity contribution in [2.24, 2.45) is 0 Å². The van der Waals surface area contributed by atoms with Gasteiger partial charge >= 0.3 is 0 Å². The van der Waals surface area contributed by atoms with Gasteiger partial charge < -0.3 is 5.32 Å². The molecule has 2 N–H and O–H groups in total. The van der Waals surface area contributed by atoms with E-state index in [9.17, 15) is 13.2 Å². The van der Waals surface area contributed by atoms with E-state index in [4.69, 9.17) is 0 Å². The summed E-state index contributed by atoms with van der Waals surface area (Å²) in [6.45, 7) is 10.5. The molecule has 1 aliphatic rings. The van der Waals surface area contributed by atoms with Crippen LogP contribution in [0.25, 0.3) is 0 Å². The van der Waals surface area contributed by atoms with Crippen LogP contribution in [0.1, 0.15) is 54.6 Å². The summed E-state index contributed by atoms with van der Waals surface area (Å²) in [5, 5.41) is 2.98. The lowest BCUT2D eigenvalue weighted by Crippen LogP contribution is -2.53. The molecule has 0 aromatic heterocycles. The summed E-state index contributed by atoms with van der Waals surface area (Å²) in [6.07, 6.45) is 3.66. The average molecular weight is 382 g/mol. The van der Waals surface area contributed by atoms with Gasteiger partial charge in [0.05, 0.1) is 4.90 Å². The van der Waals surface area contributed by atoms with Crippen LogP contribution in [0.4, 0.5) is 0 Å². The maximum atomic E-state index is 12.7. The van der Waals surface area contributed by atoms with E-state index in [1.165, 1.54) is 32.4 Å². The van der Waals surface area contributed by atoms with Crippen molar-refractivity contribution in [2.75, 3.05) is 26.7 Å². The monoisotopic (exact) mass is 381 g/mol.